The summed E-state index contributed by atoms with van der Waals surface area (Å²) in [5.41, 5.74) is 1.06. The molecular weight excluding hydrogens is 452 g/mol. The number of fused-ring (bicyclic) bond motifs is 1. The van der Waals surface area contributed by atoms with Crippen LogP contribution in [-0.2, 0) is 14.3 Å². The van der Waals surface area contributed by atoms with E-state index in [1.807, 2.05) is 6.92 Å². The maximum Gasteiger partial charge on any atom is 0.339 e. The number of aliphatic carboxylic acids is 1. The van der Waals surface area contributed by atoms with Crippen LogP contribution in [0.1, 0.15) is 31.4 Å². The Morgan fingerprint density at radius 2 is 2.00 bits per heavy atom. The van der Waals surface area contributed by atoms with Gasteiger partial charge in [0.1, 0.15) is 11.3 Å². The molecule has 9 nitrogen and oxygen atoms in total. The molecule has 2 aliphatic rings. The summed E-state index contributed by atoms with van der Waals surface area (Å²) in [7, 11) is 0. The Balaban J connectivity index is 0.000000709. The van der Waals surface area contributed by atoms with Crippen molar-refractivity contribution in [1.29, 1.82) is 0 Å². The van der Waals surface area contributed by atoms with Gasteiger partial charge in [-0.1, -0.05) is 11.6 Å². The van der Waals surface area contributed by atoms with E-state index in [4.69, 9.17) is 35.4 Å². The summed E-state index contributed by atoms with van der Waals surface area (Å²) < 4.78 is 17.2. The molecule has 2 aromatic rings. The van der Waals surface area contributed by atoms with E-state index in [1.165, 1.54) is 0 Å². The number of rotatable bonds is 3. The number of morpholine rings is 1. The highest BCUT2D eigenvalue weighted by Crippen LogP contribution is 2.33. The number of benzene rings is 1. The average Bonchev–Trinajstić information content (AvgIpc) is 3.20. The van der Waals surface area contributed by atoms with E-state index in [0.717, 1.165) is 37.4 Å². The molecule has 2 aliphatic heterocycles. The SMILES string of the molecule is CC(=O)O.Cc1c(C)c2cc(Cl)c(OC(C)C(=O)N3CCOC4(CCNC4)C3)cc2oc1=O. The van der Waals surface area contributed by atoms with Gasteiger partial charge in [0.2, 0.25) is 0 Å². The second-order valence-electron chi connectivity index (χ2n) is 8.42. The molecule has 1 spiro atoms. The van der Waals surface area contributed by atoms with Crippen LogP contribution in [0.15, 0.2) is 21.3 Å². The van der Waals surface area contributed by atoms with Gasteiger partial charge in [0.15, 0.2) is 6.10 Å². The zero-order valence-corrected chi connectivity index (χ0v) is 20.0. The molecule has 2 unspecified atom stereocenters. The molecule has 0 saturated carbocycles. The maximum atomic E-state index is 13.0. The zero-order valence-electron chi connectivity index (χ0n) is 19.2. The van der Waals surface area contributed by atoms with Crippen LogP contribution in [0.3, 0.4) is 0 Å². The summed E-state index contributed by atoms with van der Waals surface area (Å²) in [4.78, 5) is 35.8. The molecule has 0 radical (unpaired) electrons. The number of amides is 1. The lowest BCUT2D eigenvalue weighted by Gasteiger charge is -2.40. The van der Waals surface area contributed by atoms with Gasteiger partial charge in [-0.05, 0) is 45.4 Å². The van der Waals surface area contributed by atoms with Crippen molar-refractivity contribution in [1.82, 2.24) is 10.2 Å². The highest BCUT2D eigenvalue weighted by atomic mass is 35.5. The van der Waals surface area contributed by atoms with Gasteiger partial charge in [0.25, 0.3) is 11.9 Å². The Kier molecular flexibility index (Phi) is 7.66. The predicted molar refractivity (Wildman–Crippen MR) is 123 cm³/mol. The van der Waals surface area contributed by atoms with Gasteiger partial charge in [-0.25, -0.2) is 4.79 Å². The normalized spacial score (nSPS) is 20.9. The fraction of sp³-hybridized carbons (Fsp3) is 0.522. The number of nitrogens with one attached hydrogen (secondary N) is 1. The van der Waals surface area contributed by atoms with Crippen molar-refractivity contribution in [3.8, 4) is 5.75 Å². The molecule has 180 valence electrons. The van der Waals surface area contributed by atoms with E-state index in [-0.39, 0.29) is 11.5 Å². The minimum absolute atomic E-state index is 0.114. The smallest absolute Gasteiger partial charge is 0.339 e. The zero-order chi connectivity index (χ0) is 24.3. The Morgan fingerprint density at radius 1 is 1.30 bits per heavy atom. The van der Waals surface area contributed by atoms with E-state index in [1.54, 1.807) is 30.9 Å². The van der Waals surface area contributed by atoms with Crippen molar-refractivity contribution in [2.75, 3.05) is 32.8 Å². The summed E-state index contributed by atoms with van der Waals surface area (Å²) in [5, 5.41) is 11.8. The second-order valence-corrected chi connectivity index (χ2v) is 8.82. The van der Waals surface area contributed by atoms with Crippen molar-refractivity contribution >= 4 is 34.4 Å². The number of carbonyl (C=O) groups excluding carboxylic acids is 1. The second kappa shape index (κ2) is 10.1. The number of hydrogen-bond acceptors (Lipinski definition) is 7. The van der Waals surface area contributed by atoms with E-state index < -0.39 is 17.7 Å². The molecule has 33 heavy (non-hydrogen) atoms. The van der Waals surface area contributed by atoms with Gasteiger partial charge in [-0.2, -0.15) is 0 Å². The highest BCUT2D eigenvalue weighted by molar-refractivity contribution is 6.32. The first kappa shape index (κ1) is 25.0. The Hall–Kier alpha value is -2.62. The number of carbonyl (C=O) groups is 2. The van der Waals surface area contributed by atoms with E-state index in [0.29, 0.717) is 41.6 Å². The van der Waals surface area contributed by atoms with Gasteiger partial charge in [-0.3, -0.25) is 9.59 Å². The summed E-state index contributed by atoms with van der Waals surface area (Å²) in [6, 6.07) is 3.29. The molecule has 10 heteroatoms. The van der Waals surface area contributed by atoms with E-state index in [2.05, 4.69) is 5.32 Å². The summed E-state index contributed by atoms with van der Waals surface area (Å²) in [5.74, 6) is -0.630. The van der Waals surface area contributed by atoms with Gasteiger partial charge in [-0.15, -0.1) is 0 Å². The maximum absolute atomic E-state index is 13.0. The van der Waals surface area contributed by atoms with Crippen LogP contribution >= 0.6 is 11.6 Å². The van der Waals surface area contributed by atoms with Gasteiger partial charge >= 0.3 is 5.63 Å². The van der Waals surface area contributed by atoms with Crippen LogP contribution in [0.4, 0.5) is 0 Å². The van der Waals surface area contributed by atoms with E-state index in [9.17, 15) is 9.59 Å². The quantitative estimate of drug-likeness (QED) is 0.643. The highest BCUT2D eigenvalue weighted by Gasteiger charge is 2.41. The van der Waals surface area contributed by atoms with Crippen molar-refractivity contribution in [3.63, 3.8) is 0 Å². The molecule has 2 saturated heterocycles. The molecule has 1 amide bonds. The standard InChI is InChI=1S/C21H25ClN2O5.C2H4O2/c1-12-13(2)20(26)29-17-9-18(16(22)8-15(12)17)28-14(3)19(25)24-6-7-27-21(11-24)4-5-23-10-21;1-2(3)4/h8-9,14,23H,4-7,10-11H2,1-3H3;1H3,(H,3,4). The number of carboxylic acid groups (broad SMARTS) is 1. The number of ether oxygens (including phenoxy) is 2. The molecule has 2 atom stereocenters. The lowest BCUT2D eigenvalue weighted by molar-refractivity contribution is -0.154. The van der Waals surface area contributed by atoms with Crippen molar-refractivity contribution in [3.05, 3.63) is 38.7 Å². The topological polar surface area (TPSA) is 118 Å². The monoisotopic (exact) mass is 480 g/mol. The number of halogens is 1. The van der Waals surface area contributed by atoms with Gasteiger partial charge in [0, 0.05) is 37.0 Å². The van der Waals surface area contributed by atoms with Gasteiger partial charge in [0.05, 0.1) is 23.8 Å². The third kappa shape index (κ3) is 5.66. The molecule has 2 N–H and O–H groups in total. The molecule has 0 bridgehead atoms. The summed E-state index contributed by atoms with van der Waals surface area (Å²) in [6.07, 6.45) is 0.160. The fourth-order valence-corrected chi connectivity index (χ4v) is 4.25. The van der Waals surface area contributed by atoms with E-state index >= 15 is 0 Å². The van der Waals surface area contributed by atoms with Crippen LogP contribution in [0.2, 0.25) is 5.02 Å². The van der Waals surface area contributed by atoms with Crippen molar-refractivity contribution < 1.29 is 28.6 Å². The lowest BCUT2D eigenvalue weighted by atomic mass is 10.0. The molecular formula is C23H29ClN2O7. The average molecular weight is 481 g/mol. The molecule has 2 fully saturated rings. The Bertz CT molecular complexity index is 1100. The van der Waals surface area contributed by atoms with Crippen molar-refractivity contribution in [2.24, 2.45) is 0 Å². The van der Waals surface area contributed by atoms with Crippen LogP contribution in [0.5, 0.6) is 5.75 Å². The van der Waals surface area contributed by atoms with Crippen LogP contribution in [0.25, 0.3) is 11.0 Å². The number of aryl methyl sites for hydroxylation is 1. The fourth-order valence-electron chi connectivity index (χ4n) is 4.04. The number of hydrogen-bond donors (Lipinski definition) is 2. The minimum atomic E-state index is -0.833. The third-order valence-electron chi connectivity index (χ3n) is 5.93. The van der Waals surface area contributed by atoms with Crippen LogP contribution < -0.4 is 15.7 Å². The number of carboxylic acids is 1. The largest absolute Gasteiger partial charge is 0.481 e. The summed E-state index contributed by atoms with van der Waals surface area (Å²) >= 11 is 6.40. The molecule has 1 aromatic heterocycles. The molecule has 4 rings (SSSR count). The lowest BCUT2D eigenvalue weighted by Crippen LogP contribution is -2.56. The predicted octanol–water partition coefficient (Wildman–Crippen LogP) is 2.51. The van der Waals surface area contributed by atoms with Crippen LogP contribution in [-0.4, -0.2) is 66.4 Å². The number of nitrogens with zero attached hydrogens (tertiary/aromatic N) is 1. The van der Waals surface area contributed by atoms with Gasteiger partial charge < -0.3 is 29.2 Å². The molecule has 1 aromatic carbocycles. The van der Waals surface area contributed by atoms with Crippen molar-refractivity contribution in [2.45, 2.75) is 45.8 Å². The first-order valence-corrected chi connectivity index (χ1v) is 11.1. The first-order chi connectivity index (χ1) is 15.5. The molecule has 0 aliphatic carbocycles. The molecule has 3 heterocycles. The van der Waals surface area contributed by atoms with Crippen LogP contribution in [0, 0.1) is 13.8 Å². The first-order valence-electron chi connectivity index (χ1n) is 10.8. The summed E-state index contributed by atoms with van der Waals surface area (Å²) in [6.45, 7) is 9.59. The minimum Gasteiger partial charge on any atom is -0.481 e. The Labute approximate surface area is 196 Å². The third-order valence-corrected chi connectivity index (χ3v) is 6.22. The Morgan fingerprint density at radius 3 is 2.64 bits per heavy atom.